The van der Waals surface area contributed by atoms with E-state index in [1.54, 1.807) is 12.1 Å². The standard InChI is InChI=1S/C15H12FNO2/c16-14-4-3-12(17)6-13(14)15(18)9-1-2-10-7-19-8-11(10)5-9/h1-6H,7-8,17H2. The lowest BCUT2D eigenvalue weighted by Gasteiger charge is -2.05. The predicted molar refractivity (Wildman–Crippen MR) is 69.2 cm³/mol. The molecule has 2 aromatic carbocycles. The summed E-state index contributed by atoms with van der Waals surface area (Å²) in [6, 6.07) is 9.30. The van der Waals surface area contributed by atoms with Crippen molar-refractivity contribution >= 4 is 11.5 Å². The highest BCUT2D eigenvalue weighted by Gasteiger charge is 2.18. The van der Waals surface area contributed by atoms with Gasteiger partial charge in [0.05, 0.1) is 18.8 Å². The fourth-order valence-electron chi connectivity index (χ4n) is 2.19. The van der Waals surface area contributed by atoms with Crippen LogP contribution < -0.4 is 5.73 Å². The van der Waals surface area contributed by atoms with Crippen LogP contribution in [0.25, 0.3) is 0 Å². The Morgan fingerprint density at radius 3 is 2.74 bits per heavy atom. The smallest absolute Gasteiger partial charge is 0.196 e. The van der Waals surface area contributed by atoms with Crippen molar-refractivity contribution in [3.8, 4) is 0 Å². The van der Waals surface area contributed by atoms with Crippen molar-refractivity contribution in [2.45, 2.75) is 13.2 Å². The van der Waals surface area contributed by atoms with Gasteiger partial charge in [-0.05, 0) is 35.4 Å². The minimum Gasteiger partial charge on any atom is -0.399 e. The average Bonchev–Trinajstić information content (AvgIpc) is 2.88. The number of nitrogens with two attached hydrogens (primary N) is 1. The zero-order chi connectivity index (χ0) is 13.4. The number of halogens is 1. The Balaban J connectivity index is 2.02. The maximum atomic E-state index is 13.7. The van der Waals surface area contributed by atoms with E-state index in [4.69, 9.17) is 10.5 Å². The summed E-state index contributed by atoms with van der Waals surface area (Å²) in [5.41, 5.74) is 8.47. The van der Waals surface area contributed by atoms with Gasteiger partial charge in [0.15, 0.2) is 5.78 Å². The second-order valence-electron chi connectivity index (χ2n) is 4.54. The molecule has 96 valence electrons. The lowest BCUT2D eigenvalue weighted by atomic mass is 9.99. The van der Waals surface area contributed by atoms with Crippen LogP contribution in [0.1, 0.15) is 27.0 Å². The van der Waals surface area contributed by atoms with Crippen molar-refractivity contribution in [3.05, 3.63) is 64.5 Å². The Bertz CT molecular complexity index is 667. The fraction of sp³-hybridized carbons (Fsp3) is 0.133. The molecule has 2 aromatic rings. The van der Waals surface area contributed by atoms with Crippen LogP contribution in [0.3, 0.4) is 0 Å². The first kappa shape index (κ1) is 11.9. The van der Waals surface area contributed by atoms with Crippen molar-refractivity contribution in [1.29, 1.82) is 0 Å². The van der Waals surface area contributed by atoms with Crippen molar-refractivity contribution in [2.24, 2.45) is 0 Å². The lowest BCUT2D eigenvalue weighted by molar-refractivity contribution is 0.103. The highest BCUT2D eigenvalue weighted by molar-refractivity contribution is 6.09. The molecule has 0 radical (unpaired) electrons. The summed E-state index contributed by atoms with van der Waals surface area (Å²) < 4.78 is 19.0. The molecule has 0 saturated carbocycles. The quantitative estimate of drug-likeness (QED) is 0.664. The first-order valence-corrected chi connectivity index (χ1v) is 5.94. The Morgan fingerprint density at radius 2 is 1.89 bits per heavy atom. The number of benzene rings is 2. The topological polar surface area (TPSA) is 52.3 Å². The van der Waals surface area contributed by atoms with Crippen LogP contribution in [0, 0.1) is 5.82 Å². The molecule has 0 unspecified atom stereocenters. The Hall–Kier alpha value is -2.20. The molecular formula is C15H12FNO2. The summed E-state index contributed by atoms with van der Waals surface area (Å²) in [5, 5.41) is 0. The zero-order valence-electron chi connectivity index (χ0n) is 10.2. The number of fused-ring (bicyclic) bond motifs is 1. The summed E-state index contributed by atoms with van der Waals surface area (Å²) in [4.78, 5) is 12.3. The molecule has 0 spiro atoms. The molecule has 0 bridgehead atoms. The molecule has 1 aliphatic heterocycles. The molecule has 2 N–H and O–H groups in total. The van der Waals surface area contributed by atoms with Gasteiger partial charge < -0.3 is 10.5 Å². The molecule has 0 aliphatic carbocycles. The van der Waals surface area contributed by atoms with Crippen LogP contribution in [-0.4, -0.2) is 5.78 Å². The summed E-state index contributed by atoms with van der Waals surface area (Å²) in [7, 11) is 0. The molecule has 1 heterocycles. The van der Waals surface area contributed by atoms with Crippen LogP contribution in [0.2, 0.25) is 0 Å². The second-order valence-corrected chi connectivity index (χ2v) is 4.54. The average molecular weight is 257 g/mol. The molecule has 4 heteroatoms. The van der Waals surface area contributed by atoms with E-state index in [0.29, 0.717) is 24.5 Å². The third-order valence-electron chi connectivity index (χ3n) is 3.22. The van der Waals surface area contributed by atoms with Crippen LogP contribution in [0.4, 0.5) is 10.1 Å². The fourth-order valence-corrected chi connectivity index (χ4v) is 2.19. The van der Waals surface area contributed by atoms with E-state index in [-0.39, 0.29) is 11.3 Å². The molecule has 0 atom stereocenters. The monoisotopic (exact) mass is 257 g/mol. The Morgan fingerprint density at radius 1 is 1.11 bits per heavy atom. The molecule has 3 nitrogen and oxygen atoms in total. The number of ketones is 1. The van der Waals surface area contributed by atoms with E-state index in [0.717, 1.165) is 11.1 Å². The minimum absolute atomic E-state index is 0.00105. The molecule has 1 aliphatic rings. The predicted octanol–water partition coefficient (Wildman–Crippen LogP) is 2.67. The first-order chi connectivity index (χ1) is 9.15. The van der Waals surface area contributed by atoms with Crippen LogP contribution in [0.5, 0.6) is 0 Å². The van der Waals surface area contributed by atoms with E-state index in [2.05, 4.69) is 0 Å². The minimum atomic E-state index is -0.559. The van der Waals surface area contributed by atoms with Gasteiger partial charge in [-0.1, -0.05) is 12.1 Å². The number of anilines is 1. The number of nitrogen functional groups attached to an aromatic ring is 1. The highest BCUT2D eigenvalue weighted by Crippen LogP contribution is 2.23. The first-order valence-electron chi connectivity index (χ1n) is 5.94. The van der Waals surface area contributed by atoms with Crippen molar-refractivity contribution in [2.75, 3.05) is 5.73 Å². The molecule has 0 saturated heterocycles. The van der Waals surface area contributed by atoms with Gasteiger partial charge in [0, 0.05) is 11.3 Å². The van der Waals surface area contributed by atoms with Gasteiger partial charge in [0.1, 0.15) is 5.82 Å². The summed E-state index contributed by atoms with van der Waals surface area (Å²) in [5.74, 6) is -0.921. The van der Waals surface area contributed by atoms with E-state index >= 15 is 0 Å². The van der Waals surface area contributed by atoms with Crippen molar-refractivity contribution in [1.82, 2.24) is 0 Å². The van der Waals surface area contributed by atoms with Crippen LogP contribution in [-0.2, 0) is 18.0 Å². The van der Waals surface area contributed by atoms with E-state index in [1.807, 2.05) is 6.07 Å². The van der Waals surface area contributed by atoms with Gasteiger partial charge in [0.2, 0.25) is 0 Å². The molecule has 19 heavy (non-hydrogen) atoms. The molecule has 0 fully saturated rings. The van der Waals surface area contributed by atoms with Crippen LogP contribution in [0.15, 0.2) is 36.4 Å². The summed E-state index contributed by atoms with van der Waals surface area (Å²) >= 11 is 0. The third-order valence-corrected chi connectivity index (χ3v) is 3.22. The normalized spacial score (nSPS) is 13.3. The van der Waals surface area contributed by atoms with E-state index in [9.17, 15) is 9.18 Å². The van der Waals surface area contributed by atoms with Gasteiger partial charge in [-0.3, -0.25) is 4.79 Å². The SMILES string of the molecule is Nc1ccc(F)c(C(=O)c2ccc3c(c2)COC3)c1. The Kier molecular flexibility index (Phi) is 2.80. The van der Waals surface area contributed by atoms with Crippen molar-refractivity contribution in [3.63, 3.8) is 0 Å². The number of rotatable bonds is 2. The largest absolute Gasteiger partial charge is 0.399 e. The molecule has 0 aromatic heterocycles. The number of hydrogen-bond acceptors (Lipinski definition) is 3. The molecular weight excluding hydrogens is 245 g/mol. The van der Waals surface area contributed by atoms with Gasteiger partial charge in [-0.2, -0.15) is 0 Å². The maximum absolute atomic E-state index is 13.7. The van der Waals surface area contributed by atoms with Gasteiger partial charge >= 0.3 is 0 Å². The number of hydrogen-bond donors (Lipinski definition) is 1. The summed E-state index contributed by atoms with van der Waals surface area (Å²) in [6.07, 6.45) is 0. The Labute approximate surface area is 109 Å². The maximum Gasteiger partial charge on any atom is 0.196 e. The second kappa shape index (κ2) is 4.48. The van der Waals surface area contributed by atoms with Crippen molar-refractivity contribution < 1.29 is 13.9 Å². The van der Waals surface area contributed by atoms with Gasteiger partial charge in [-0.15, -0.1) is 0 Å². The van der Waals surface area contributed by atoms with Gasteiger partial charge in [0.25, 0.3) is 0 Å². The number of ether oxygens (including phenoxy) is 1. The number of carbonyl (C=O) groups excluding carboxylic acids is 1. The lowest BCUT2D eigenvalue weighted by Crippen LogP contribution is -2.06. The van der Waals surface area contributed by atoms with E-state index < -0.39 is 5.82 Å². The van der Waals surface area contributed by atoms with Crippen LogP contribution >= 0.6 is 0 Å². The third kappa shape index (κ3) is 2.11. The molecule has 3 rings (SSSR count). The number of carbonyl (C=O) groups is 1. The van der Waals surface area contributed by atoms with Gasteiger partial charge in [-0.25, -0.2) is 4.39 Å². The molecule has 0 amide bonds. The van der Waals surface area contributed by atoms with E-state index in [1.165, 1.54) is 18.2 Å². The highest BCUT2D eigenvalue weighted by atomic mass is 19.1. The summed E-state index contributed by atoms with van der Waals surface area (Å²) in [6.45, 7) is 1.06. The zero-order valence-corrected chi connectivity index (χ0v) is 10.2.